The van der Waals surface area contributed by atoms with Gasteiger partial charge in [0.25, 0.3) is 0 Å². The van der Waals surface area contributed by atoms with Gasteiger partial charge >= 0.3 is 0 Å². The minimum absolute atomic E-state index is 0.0997. The van der Waals surface area contributed by atoms with Crippen molar-refractivity contribution >= 4 is 0 Å². The zero-order valence-corrected chi connectivity index (χ0v) is 20.9. The van der Waals surface area contributed by atoms with Crippen molar-refractivity contribution in [2.75, 3.05) is 0 Å². The summed E-state index contributed by atoms with van der Waals surface area (Å²) in [7, 11) is 0. The minimum Gasteiger partial charge on any atom is -0.0622 e. The summed E-state index contributed by atoms with van der Waals surface area (Å²) in [6.07, 6.45) is 28.1. The Labute approximate surface area is 194 Å². The van der Waals surface area contributed by atoms with Crippen LogP contribution in [0.3, 0.4) is 0 Å². The molecule has 32 heavy (non-hydrogen) atoms. The van der Waals surface area contributed by atoms with Gasteiger partial charge in [-0.25, -0.2) is 0 Å². The van der Waals surface area contributed by atoms with Gasteiger partial charge in [-0.3, -0.25) is 0 Å². The molecule has 5 rings (SSSR count). The van der Waals surface area contributed by atoms with Gasteiger partial charge in [0, 0.05) is 10.8 Å². The van der Waals surface area contributed by atoms with E-state index in [1.165, 1.54) is 44.6 Å². The fraction of sp³-hybridized carbons (Fsp3) is 0.375. The molecule has 0 aromatic rings. The van der Waals surface area contributed by atoms with Crippen LogP contribution in [0.25, 0.3) is 0 Å². The highest BCUT2D eigenvalue weighted by molar-refractivity contribution is 5.75. The van der Waals surface area contributed by atoms with Gasteiger partial charge in [0.15, 0.2) is 0 Å². The van der Waals surface area contributed by atoms with E-state index in [9.17, 15) is 0 Å². The third kappa shape index (κ3) is 2.68. The molecule has 0 saturated carbocycles. The number of allylic oxidation sites excluding steroid dienone is 20. The molecular formula is C32H36. The van der Waals surface area contributed by atoms with Crippen LogP contribution in [0.1, 0.15) is 55.4 Å². The minimum atomic E-state index is -0.0997. The topological polar surface area (TPSA) is 0 Å². The van der Waals surface area contributed by atoms with Crippen LogP contribution in [0, 0.1) is 21.7 Å². The van der Waals surface area contributed by atoms with Crippen molar-refractivity contribution in [1.29, 1.82) is 0 Å². The van der Waals surface area contributed by atoms with Gasteiger partial charge in [0.1, 0.15) is 0 Å². The van der Waals surface area contributed by atoms with Gasteiger partial charge in [-0.2, -0.15) is 0 Å². The second-order valence-corrected chi connectivity index (χ2v) is 12.2. The highest BCUT2D eigenvalue weighted by atomic mass is 14.6. The largest absolute Gasteiger partial charge is 0.0622 e. The van der Waals surface area contributed by atoms with Crippen molar-refractivity contribution in [2.24, 2.45) is 21.7 Å². The van der Waals surface area contributed by atoms with Crippen molar-refractivity contribution in [3.05, 3.63) is 117 Å². The van der Waals surface area contributed by atoms with Crippen LogP contribution in [-0.2, 0) is 0 Å². The van der Waals surface area contributed by atoms with E-state index in [1.807, 2.05) is 0 Å². The first-order valence-corrected chi connectivity index (χ1v) is 12.0. The van der Waals surface area contributed by atoms with E-state index >= 15 is 0 Å². The summed E-state index contributed by atoms with van der Waals surface area (Å²) in [4.78, 5) is 0. The lowest BCUT2D eigenvalue weighted by Gasteiger charge is -2.58. The maximum Gasteiger partial charge on any atom is 0.0315 e. The van der Waals surface area contributed by atoms with Gasteiger partial charge in [-0.05, 0) is 55.4 Å². The maximum absolute atomic E-state index is 2.50. The molecule has 0 aromatic carbocycles. The van der Waals surface area contributed by atoms with Gasteiger partial charge in [-0.1, -0.05) is 128 Å². The number of hydrogen-bond acceptors (Lipinski definition) is 0. The number of fused-ring (bicyclic) bond motifs is 1. The van der Waals surface area contributed by atoms with E-state index in [-0.39, 0.29) is 21.7 Å². The molecule has 0 N–H and O–H groups in total. The highest BCUT2D eigenvalue weighted by Gasteiger charge is 2.58. The first-order chi connectivity index (χ1) is 14.9. The fourth-order valence-electron chi connectivity index (χ4n) is 5.98. The van der Waals surface area contributed by atoms with E-state index in [1.54, 1.807) is 0 Å². The predicted octanol–water partition coefficient (Wildman–Crippen LogP) is 8.68. The molecule has 5 aliphatic carbocycles. The summed E-state index contributed by atoms with van der Waals surface area (Å²) in [6, 6.07) is 0. The lowest BCUT2D eigenvalue weighted by atomic mass is 9.44. The van der Waals surface area contributed by atoms with Crippen LogP contribution < -0.4 is 0 Å². The van der Waals surface area contributed by atoms with Gasteiger partial charge < -0.3 is 0 Å². The molecule has 0 radical (unpaired) electrons. The van der Waals surface area contributed by atoms with Crippen molar-refractivity contribution in [1.82, 2.24) is 0 Å². The van der Waals surface area contributed by atoms with Crippen LogP contribution in [0.2, 0.25) is 0 Å². The van der Waals surface area contributed by atoms with E-state index in [2.05, 4.69) is 128 Å². The smallest absolute Gasteiger partial charge is 0.0315 e. The van der Waals surface area contributed by atoms with Gasteiger partial charge in [-0.15, -0.1) is 0 Å². The van der Waals surface area contributed by atoms with E-state index < -0.39 is 0 Å². The summed E-state index contributed by atoms with van der Waals surface area (Å²) in [5.41, 5.74) is 11.4. The molecule has 0 bridgehead atoms. The molecular weight excluding hydrogens is 384 g/mol. The number of rotatable bonds is 0. The molecule has 0 amide bonds. The van der Waals surface area contributed by atoms with Gasteiger partial charge in [0.05, 0.1) is 0 Å². The molecule has 0 spiro atoms. The van der Waals surface area contributed by atoms with E-state index in [0.29, 0.717) is 0 Å². The van der Waals surface area contributed by atoms with Crippen molar-refractivity contribution in [3.8, 4) is 0 Å². The Morgan fingerprint density at radius 1 is 0.500 bits per heavy atom. The molecule has 0 saturated heterocycles. The second kappa shape index (κ2) is 6.47. The molecule has 0 aliphatic heterocycles. The SMILES string of the molecule is CC(C)(C)C1=CC2=C3\C=C/C=C\C=C/C3=C3C=C(C(C)(C)C)C=C4C=CC(=C1)[C@@]2(C)[C@]43C. The first kappa shape index (κ1) is 21.3. The van der Waals surface area contributed by atoms with Crippen LogP contribution >= 0.6 is 0 Å². The average molecular weight is 421 g/mol. The molecule has 2 atom stereocenters. The molecule has 0 nitrogen and oxygen atoms in total. The fourth-order valence-corrected chi connectivity index (χ4v) is 5.98. The van der Waals surface area contributed by atoms with E-state index in [4.69, 9.17) is 0 Å². The quantitative estimate of drug-likeness (QED) is 0.368. The lowest BCUT2D eigenvalue weighted by Crippen LogP contribution is -2.49. The summed E-state index contributed by atoms with van der Waals surface area (Å²) >= 11 is 0. The summed E-state index contributed by atoms with van der Waals surface area (Å²) in [5, 5.41) is 0. The zero-order chi connectivity index (χ0) is 23.1. The van der Waals surface area contributed by atoms with Crippen LogP contribution in [0.15, 0.2) is 117 Å². The number of hydrogen-bond donors (Lipinski definition) is 0. The molecule has 0 aromatic heterocycles. The van der Waals surface area contributed by atoms with Crippen molar-refractivity contribution in [3.63, 3.8) is 0 Å². The van der Waals surface area contributed by atoms with Crippen LogP contribution in [-0.4, -0.2) is 0 Å². The Morgan fingerprint density at radius 2 is 0.875 bits per heavy atom. The molecule has 0 heterocycles. The summed E-state index contributed by atoms with van der Waals surface area (Å²) in [6.45, 7) is 18.9. The normalized spacial score (nSPS) is 33.8. The predicted molar refractivity (Wildman–Crippen MR) is 138 cm³/mol. The first-order valence-electron chi connectivity index (χ1n) is 12.0. The van der Waals surface area contributed by atoms with Crippen LogP contribution in [0.5, 0.6) is 0 Å². The Bertz CT molecular complexity index is 1130. The highest BCUT2D eigenvalue weighted by Crippen LogP contribution is 2.68. The van der Waals surface area contributed by atoms with Crippen molar-refractivity contribution in [2.45, 2.75) is 55.4 Å². The standard InChI is InChI=1S/C32H36/c1-29(2,3)23-17-21-15-16-22-18-24(30(4,5)6)20-28-26-14-12-10-9-11-13-25(26)27(19-23)31(21,7)32(22,28)8/h9-20H,1-8H3/b10-9-,11-9?,12-10?,13-11-,14-12-,25-13?,26-14?/t31-,32-/m1/s1. The monoisotopic (exact) mass is 420 g/mol. The zero-order valence-electron chi connectivity index (χ0n) is 20.9. The van der Waals surface area contributed by atoms with Crippen molar-refractivity contribution < 1.29 is 0 Å². The molecule has 5 aliphatic rings. The maximum atomic E-state index is 2.50. The Morgan fingerprint density at radius 3 is 1.22 bits per heavy atom. The molecule has 0 unspecified atom stereocenters. The Hall–Kier alpha value is -2.60. The Balaban J connectivity index is 1.96. The Kier molecular flexibility index (Phi) is 4.30. The average Bonchev–Trinajstić information content (AvgIpc) is 2.66. The second-order valence-electron chi connectivity index (χ2n) is 12.2. The van der Waals surface area contributed by atoms with Crippen LogP contribution in [0.4, 0.5) is 0 Å². The molecule has 0 fully saturated rings. The summed E-state index contributed by atoms with van der Waals surface area (Å²) in [5.74, 6) is 0. The molecule has 0 heteroatoms. The van der Waals surface area contributed by atoms with E-state index in [0.717, 1.165) is 0 Å². The lowest BCUT2D eigenvalue weighted by molar-refractivity contribution is 0.242. The third-order valence-electron chi connectivity index (χ3n) is 8.36. The summed E-state index contributed by atoms with van der Waals surface area (Å²) < 4.78 is 0. The third-order valence-corrected chi connectivity index (χ3v) is 8.36. The molecule has 164 valence electrons. The van der Waals surface area contributed by atoms with Gasteiger partial charge in [0.2, 0.25) is 0 Å².